The number of rotatable bonds is 4. The van der Waals surface area contributed by atoms with E-state index in [4.69, 9.17) is 16.0 Å². The average Bonchev–Trinajstić information content (AvgIpc) is 2.84. The Morgan fingerprint density at radius 2 is 2.10 bits per heavy atom. The third kappa shape index (κ3) is 3.13. The highest BCUT2D eigenvalue weighted by molar-refractivity contribution is 6.66. The van der Waals surface area contributed by atoms with Crippen LogP contribution in [0.1, 0.15) is 11.3 Å². The minimum Gasteiger partial charge on any atom is -0.456 e. The highest BCUT2D eigenvalue weighted by Crippen LogP contribution is 2.32. The van der Waals surface area contributed by atoms with Gasteiger partial charge in [-0.25, -0.2) is 0 Å². The molecular weight excluding hydrogens is 282 g/mol. The van der Waals surface area contributed by atoms with Gasteiger partial charge in [0, 0.05) is 12.1 Å². The predicted molar refractivity (Wildman–Crippen MR) is 75.4 cm³/mol. The molecule has 0 atom stereocenters. The molecule has 2 aromatic rings. The third-order valence-electron chi connectivity index (χ3n) is 2.62. The number of hydrogen-bond acceptors (Lipinski definition) is 4. The van der Waals surface area contributed by atoms with E-state index in [2.05, 4.69) is 0 Å². The number of hydrogen-bond donors (Lipinski definition) is 0. The summed E-state index contributed by atoms with van der Waals surface area (Å²) < 4.78 is 5.45. The fourth-order valence-corrected chi connectivity index (χ4v) is 1.80. The highest BCUT2D eigenvalue weighted by Gasteiger charge is 2.17. The molecule has 1 aromatic heterocycles. The highest BCUT2D eigenvalue weighted by atomic mass is 35.5. The van der Waals surface area contributed by atoms with Crippen LogP contribution in [0, 0.1) is 17.0 Å². The number of halogens is 1. The molecule has 0 aliphatic rings. The van der Waals surface area contributed by atoms with Crippen molar-refractivity contribution >= 4 is 28.6 Å². The van der Waals surface area contributed by atoms with Gasteiger partial charge in [0.1, 0.15) is 11.5 Å². The molecule has 1 heterocycles. The van der Waals surface area contributed by atoms with Gasteiger partial charge in [-0.2, -0.15) is 0 Å². The zero-order valence-electron chi connectivity index (χ0n) is 10.5. The first-order valence-electron chi connectivity index (χ1n) is 5.70. The Hall–Kier alpha value is -2.40. The lowest BCUT2D eigenvalue weighted by molar-refractivity contribution is -0.384. The van der Waals surface area contributed by atoms with Gasteiger partial charge in [-0.15, -0.1) is 0 Å². The van der Waals surface area contributed by atoms with Crippen molar-refractivity contribution in [1.29, 1.82) is 0 Å². The van der Waals surface area contributed by atoms with Crippen LogP contribution in [-0.2, 0) is 4.79 Å². The number of allylic oxidation sites excluding steroid dienone is 1. The minimum absolute atomic E-state index is 0.0247. The van der Waals surface area contributed by atoms with Crippen molar-refractivity contribution in [3.8, 4) is 11.3 Å². The maximum atomic E-state index is 11.1. The maximum Gasteiger partial charge on any atom is 0.280 e. The zero-order valence-corrected chi connectivity index (χ0v) is 11.3. The summed E-state index contributed by atoms with van der Waals surface area (Å²) in [6.45, 7) is 1.78. The average molecular weight is 292 g/mol. The number of nitro groups is 1. The molecule has 0 aliphatic heterocycles. The minimum atomic E-state index is -0.621. The molecule has 20 heavy (non-hydrogen) atoms. The molecule has 0 N–H and O–H groups in total. The standard InChI is InChI=1S/C14H10ClNO4/c1-9-2-5-11(12(8-9)16(18)19)13-6-3-10(20-13)4-7-14(15)17/h2-8H,1H3/b7-4+. The summed E-state index contributed by atoms with van der Waals surface area (Å²) in [4.78, 5) is 21.2. The van der Waals surface area contributed by atoms with Crippen LogP contribution in [0.15, 0.2) is 40.8 Å². The normalized spacial score (nSPS) is 10.9. The van der Waals surface area contributed by atoms with Gasteiger partial charge in [-0.1, -0.05) is 6.07 Å². The zero-order chi connectivity index (χ0) is 14.7. The molecule has 0 bridgehead atoms. The Morgan fingerprint density at radius 3 is 2.75 bits per heavy atom. The Balaban J connectivity index is 2.42. The SMILES string of the molecule is Cc1ccc(-c2ccc(/C=C/C(=O)Cl)o2)c([N+](=O)[O-])c1. The van der Waals surface area contributed by atoms with Crippen molar-refractivity contribution in [1.82, 2.24) is 0 Å². The molecule has 6 heteroatoms. The topological polar surface area (TPSA) is 73.3 Å². The second-order valence-electron chi connectivity index (χ2n) is 4.12. The summed E-state index contributed by atoms with van der Waals surface area (Å²) in [5.74, 6) is 0.752. The molecule has 0 saturated carbocycles. The number of furan rings is 1. The first-order chi connectivity index (χ1) is 9.47. The summed E-state index contributed by atoms with van der Waals surface area (Å²) >= 11 is 5.18. The van der Waals surface area contributed by atoms with Gasteiger partial charge in [0.25, 0.3) is 5.69 Å². The van der Waals surface area contributed by atoms with Crippen molar-refractivity contribution in [2.75, 3.05) is 0 Å². The quantitative estimate of drug-likeness (QED) is 0.370. The number of benzene rings is 1. The number of aryl methyl sites for hydroxylation is 1. The van der Waals surface area contributed by atoms with Crippen LogP contribution in [0.2, 0.25) is 0 Å². The molecular formula is C14H10ClNO4. The van der Waals surface area contributed by atoms with Gasteiger partial charge in [0.2, 0.25) is 5.24 Å². The first-order valence-corrected chi connectivity index (χ1v) is 6.08. The van der Waals surface area contributed by atoms with Gasteiger partial charge in [-0.05, 0) is 48.4 Å². The molecule has 102 valence electrons. The van der Waals surface area contributed by atoms with E-state index in [0.717, 1.165) is 11.6 Å². The van der Waals surface area contributed by atoms with Crippen molar-refractivity contribution in [3.05, 3.63) is 57.8 Å². The maximum absolute atomic E-state index is 11.1. The van der Waals surface area contributed by atoms with Crippen LogP contribution in [0.5, 0.6) is 0 Å². The fourth-order valence-electron chi connectivity index (χ4n) is 1.74. The lowest BCUT2D eigenvalue weighted by atomic mass is 10.1. The summed E-state index contributed by atoms with van der Waals surface area (Å²) in [6, 6.07) is 8.09. The van der Waals surface area contributed by atoms with Crippen molar-refractivity contribution in [2.24, 2.45) is 0 Å². The monoisotopic (exact) mass is 291 g/mol. The molecule has 2 rings (SSSR count). The molecule has 0 spiro atoms. The van der Waals surface area contributed by atoms with Gasteiger partial charge in [0.05, 0.1) is 10.5 Å². The fraction of sp³-hybridized carbons (Fsp3) is 0.0714. The largest absolute Gasteiger partial charge is 0.456 e. The van der Waals surface area contributed by atoms with Crippen molar-refractivity contribution < 1.29 is 14.1 Å². The van der Waals surface area contributed by atoms with E-state index < -0.39 is 10.2 Å². The van der Waals surface area contributed by atoms with Gasteiger partial charge < -0.3 is 4.42 Å². The predicted octanol–water partition coefficient (Wildman–Crippen LogP) is 3.94. The molecule has 0 aliphatic carbocycles. The number of nitro benzene ring substituents is 1. The van der Waals surface area contributed by atoms with Crippen molar-refractivity contribution in [2.45, 2.75) is 6.92 Å². The lowest BCUT2D eigenvalue weighted by Gasteiger charge is -2.00. The number of carbonyl (C=O) groups excluding carboxylic acids is 1. The van der Waals surface area contributed by atoms with Gasteiger partial charge in [-0.3, -0.25) is 14.9 Å². The molecule has 0 saturated heterocycles. The molecule has 1 aromatic carbocycles. The van der Waals surface area contributed by atoms with Crippen molar-refractivity contribution in [3.63, 3.8) is 0 Å². The first kappa shape index (κ1) is 14.0. The molecule has 0 amide bonds. The number of carbonyl (C=O) groups is 1. The van der Waals surface area contributed by atoms with E-state index in [-0.39, 0.29) is 5.69 Å². The summed E-state index contributed by atoms with van der Waals surface area (Å²) in [7, 11) is 0. The van der Waals surface area contributed by atoms with Crippen LogP contribution in [0.3, 0.4) is 0 Å². The van der Waals surface area contributed by atoms with Crippen LogP contribution in [0.25, 0.3) is 17.4 Å². The smallest absolute Gasteiger partial charge is 0.280 e. The van der Waals surface area contributed by atoms with E-state index >= 15 is 0 Å². The van der Waals surface area contributed by atoms with E-state index in [1.54, 1.807) is 31.2 Å². The molecule has 0 radical (unpaired) electrons. The second-order valence-corrected chi connectivity index (χ2v) is 4.49. The van der Waals surface area contributed by atoms with Crippen LogP contribution >= 0.6 is 11.6 Å². The third-order valence-corrected chi connectivity index (χ3v) is 2.75. The van der Waals surface area contributed by atoms with E-state index in [0.29, 0.717) is 17.1 Å². The van der Waals surface area contributed by atoms with Crippen LogP contribution in [0.4, 0.5) is 5.69 Å². The Morgan fingerprint density at radius 1 is 1.35 bits per heavy atom. The van der Waals surface area contributed by atoms with Gasteiger partial charge in [0.15, 0.2) is 0 Å². The lowest BCUT2D eigenvalue weighted by Crippen LogP contribution is -1.92. The van der Waals surface area contributed by atoms with Gasteiger partial charge >= 0.3 is 0 Å². The summed E-state index contributed by atoms with van der Waals surface area (Å²) in [5, 5.41) is 10.4. The Kier molecular flexibility index (Phi) is 4.00. The number of nitrogens with zero attached hydrogens (tertiary/aromatic N) is 1. The van der Waals surface area contributed by atoms with Crippen LogP contribution in [-0.4, -0.2) is 10.2 Å². The summed E-state index contributed by atoms with van der Waals surface area (Å²) in [6.07, 6.45) is 2.55. The molecule has 0 unspecified atom stereocenters. The van der Waals surface area contributed by atoms with Crippen LogP contribution < -0.4 is 0 Å². The molecule has 0 fully saturated rings. The summed E-state index contributed by atoms with van der Waals surface area (Å²) in [5.41, 5.74) is 1.15. The second kappa shape index (κ2) is 5.71. The van der Waals surface area contributed by atoms with E-state index in [9.17, 15) is 14.9 Å². The van der Waals surface area contributed by atoms with E-state index in [1.165, 1.54) is 12.1 Å². The Bertz CT molecular complexity index is 703. The van der Waals surface area contributed by atoms with E-state index in [1.807, 2.05) is 0 Å². The molecule has 5 nitrogen and oxygen atoms in total. The Labute approximate surface area is 119 Å².